The average Bonchev–Trinajstić information content (AvgIpc) is 3.26. The van der Waals surface area contributed by atoms with Crippen LogP contribution in [0.2, 0.25) is 0 Å². The molecule has 1 aromatic carbocycles. The molecule has 0 fully saturated rings. The first-order chi connectivity index (χ1) is 11.2. The molecule has 0 saturated heterocycles. The third-order valence-corrected chi connectivity index (χ3v) is 3.89. The number of thiazole rings is 1. The van der Waals surface area contributed by atoms with Crippen LogP contribution in [0.5, 0.6) is 11.5 Å². The second kappa shape index (κ2) is 5.36. The Kier molecular flexibility index (Phi) is 3.19. The predicted octanol–water partition coefficient (Wildman–Crippen LogP) is 2.48. The summed E-state index contributed by atoms with van der Waals surface area (Å²) in [6.45, 7) is 2.04. The summed E-state index contributed by atoms with van der Waals surface area (Å²) in [5.41, 5.74) is 0.988. The number of benzene rings is 1. The molecule has 0 spiro atoms. The van der Waals surface area contributed by atoms with E-state index in [9.17, 15) is 4.79 Å². The van der Waals surface area contributed by atoms with Crippen LogP contribution in [0, 0.1) is 6.92 Å². The maximum Gasteiger partial charge on any atom is 0.322 e. The van der Waals surface area contributed by atoms with Crippen LogP contribution in [0.4, 0.5) is 6.01 Å². The lowest BCUT2D eigenvalue weighted by Crippen LogP contribution is -2.12. The molecule has 23 heavy (non-hydrogen) atoms. The topological polar surface area (TPSA) is 99.4 Å². The van der Waals surface area contributed by atoms with Crippen molar-refractivity contribution in [2.24, 2.45) is 0 Å². The van der Waals surface area contributed by atoms with Crippen molar-refractivity contribution in [1.82, 2.24) is 15.2 Å². The van der Waals surface area contributed by atoms with Gasteiger partial charge in [-0.15, -0.1) is 16.4 Å². The summed E-state index contributed by atoms with van der Waals surface area (Å²) in [6, 6.07) is 4.91. The van der Waals surface area contributed by atoms with Gasteiger partial charge in [-0.2, -0.15) is 0 Å². The van der Waals surface area contributed by atoms with Crippen LogP contribution < -0.4 is 14.8 Å². The van der Waals surface area contributed by atoms with Gasteiger partial charge in [0.05, 0.1) is 5.01 Å². The number of fused-ring (bicyclic) bond motifs is 1. The molecular weight excluding hydrogens is 320 g/mol. The number of anilines is 1. The Labute approximate surface area is 134 Å². The molecule has 3 aromatic rings. The molecule has 4 rings (SSSR count). The minimum Gasteiger partial charge on any atom is -0.454 e. The third kappa shape index (κ3) is 2.61. The maximum absolute atomic E-state index is 12.2. The zero-order valence-electron chi connectivity index (χ0n) is 11.9. The molecule has 3 heterocycles. The second-order valence-electron chi connectivity index (χ2n) is 4.69. The Morgan fingerprint density at radius 3 is 2.96 bits per heavy atom. The van der Waals surface area contributed by atoms with E-state index >= 15 is 0 Å². The molecule has 0 atom stereocenters. The van der Waals surface area contributed by atoms with E-state index in [1.165, 1.54) is 11.3 Å². The number of amides is 1. The van der Waals surface area contributed by atoms with Gasteiger partial charge in [-0.25, -0.2) is 4.98 Å². The van der Waals surface area contributed by atoms with E-state index < -0.39 is 0 Å². The number of ether oxygens (including phenoxy) is 2. The molecule has 1 amide bonds. The molecule has 0 radical (unpaired) electrons. The molecule has 9 heteroatoms. The van der Waals surface area contributed by atoms with E-state index in [4.69, 9.17) is 13.9 Å². The number of nitrogens with zero attached hydrogens (tertiary/aromatic N) is 3. The fourth-order valence-corrected chi connectivity index (χ4v) is 2.63. The van der Waals surface area contributed by atoms with Crippen molar-refractivity contribution in [3.8, 4) is 23.1 Å². The maximum atomic E-state index is 12.2. The fourth-order valence-electron chi connectivity index (χ4n) is 2.05. The molecule has 0 aliphatic carbocycles. The van der Waals surface area contributed by atoms with Gasteiger partial charge in [-0.1, -0.05) is 5.10 Å². The van der Waals surface area contributed by atoms with E-state index in [-0.39, 0.29) is 24.6 Å². The number of nitrogens with one attached hydrogen (secondary N) is 1. The van der Waals surface area contributed by atoms with Gasteiger partial charge in [-0.05, 0) is 25.1 Å². The molecule has 116 valence electrons. The Morgan fingerprint density at radius 2 is 2.13 bits per heavy atom. The molecule has 8 nitrogen and oxygen atoms in total. The van der Waals surface area contributed by atoms with Crippen molar-refractivity contribution in [2.45, 2.75) is 6.92 Å². The van der Waals surface area contributed by atoms with Gasteiger partial charge in [0.1, 0.15) is 5.69 Å². The minimum absolute atomic E-state index is 0.00770. The van der Waals surface area contributed by atoms with Crippen LogP contribution in [0.3, 0.4) is 0 Å². The average molecular weight is 330 g/mol. The Balaban J connectivity index is 1.52. The summed E-state index contributed by atoms with van der Waals surface area (Å²) in [5.74, 6) is 1.02. The van der Waals surface area contributed by atoms with Crippen LogP contribution in [-0.4, -0.2) is 27.9 Å². The van der Waals surface area contributed by atoms with Crippen LogP contribution >= 0.6 is 11.3 Å². The second-order valence-corrected chi connectivity index (χ2v) is 5.75. The lowest BCUT2D eigenvalue weighted by atomic mass is 10.2. The number of aromatic nitrogens is 3. The van der Waals surface area contributed by atoms with E-state index in [1.54, 1.807) is 18.2 Å². The summed E-state index contributed by atoms with van der Waals surface area (Å²) < 4.78 is 15.8. The number of carbonyl (C=O) groups excluding carboxylic acids is 1. The van der Waals surface area contributed by atoms with Crippen molar-refractivity contribution >= 4 is 23.3 Å². The third-order valence-electron chi connectivity index (χ3n) is 3.12. The van der Waals surface area contributed by atoms with Gasteiger partial charge in [0, 0.05) is 10.9 Å². The largest absolute Gasteiger partial charge is 0.454 e. The summed E-state index contributed by atoms with van der Waals surface area (Å²) >= 11 is 1.48. The van der Waals surface area contributed by atoms with Crippen LogP contribution in [-0.2, 0) is 0 Å². The quantitative estimate of drug-likeness (QED) is 0.787. The zero-order chi connectivity index (χ0) is 15.8. The summed E-state index contributed by atoms with van der Waals surface area (Å²) in [7, 11) is 0. The number of aryl methyl sites for hydroxylation is 1. The van der Waals surface area contributed by atoms with E-state index in [2.05, 4.69) is 20.5 Å². The number of hydrogen-bond acceptors (Lipinski definition) is 8. The zero-order valence-corrected chi connectivity index (χ0v) is 12.7. The van der Waals surface area contributed by atoms with E-state index in [0.717, 1.165) is 5.01 Å². The monoisotopic (exact) mass is 330 g/mol. The first-order valence-corrected chi connectivity index (χ1v) is 7.54. The molecular formula is C14H10N4O4S. The molecule has 1 aliphatic rings. The molecule has 0 saturated carbocycles. The minimum atomic E-state index is -0.382. The number of carbonyl (C=O) groups is 1. The van der Waals surface area contributed by atoms with Crippen molar-refractivity contribution in [3.05, 3.63) is 34.2 Å². The van der Waals surface area contributed by atoms with Crippen molar-refractivity contribution in [2.75, 3.05) is 12.1 Å². The molecule has 0 unspecified atom stereocenters. The summed E-state index contributed by atoms with van der Waals surface area (Å²) in [4.78, 5) is 16.5. The lowest BCUT2D eigenvalue weighted by Gasteiger charge is -2.02. The Bertz CT molecular complexity index is 889. The van der Waals surface area contributed by atoms with Gasteiger partial charge in [-0.3, -0.25) is 10.1 Å². The van der Waals surface area contributed by atoms with Crippen molar-refractivity contribution in [1.29, 1.82) is 0 Å². The highest BCUT2D eigenvalue weighted by Gasteiger charge is 2.18. The molecule has 0 bridgehead atoms. The van der Waals surface area contributed by atoms with Gasteiger partial charge >= 0.3 is 6.01 Å². The number of hydrogen-bond donors (Lipinski definition) is 1. The SMILES string of the molecule is Cc1nc(-c2nnc(NC(=O)c3ccc4c(c3)OCO4)o2)cs1. The molecule has 2 aromatic heterocycles. The summed E-state index contributed by atoms with van der Waals surface area (Å²) in [6.07, 6.45) is 0. The van der Waals surface area contributed by atoms with Crippen LogP contribution in [0.15, 0.2) is 28.0 Å². The van der Waals surface area contributed by atoms with Gasteiger partial charge in [0.2, 0.25) is 6.79 Å². The highest BCUT2D eigenvalue weighted by Crippen LogP contribution is 2.32. The molecule has 1 aliphatic heterocycles. The fraction of sp³-hybridized carbons (Fsp3) is 0.143. The van der Waals surface area contributed by atoms with Crippen molar-refractivity contribution < 1.29 is 18.7 Å². The van der Waals surface area contributed by atoms with Crippen LogP contribution in [0.1, 0.15) is 15.4 Å². The standard InChI is InChI=1S/C14H10N4O4S/c1-7-15-9(5-23-7)13-17-18-14(22-13)16-12(19)8-2-3-10-11(4-8)21-6-20-10/h2-5H,6H2,1H3,(H,16,18,19). The van der Waals surface area contributed by atoms with E-state index in [0.29, 0.717) is 22.8 Å². The van der Waals surface area contributed by atoms with Gasteiger partial charge < -0.3 is 13.9 Å². The summed E-state index contributed by atoms with van der Waals surface area (Å²) in [5, 5.41) is 12.9. The predicted molar refractivity (Wildman–Crippen MR) is 80.7 cm³/mol. The van der Waals surface area contributed by atoms with Crippen LogP contribution in [0.25, 0.3) is 11.6 Å². The van der Waals surface area contributed by atoms with Gasteiger partial charge in [0.25, 0.3) is 11.8 Å². The highest BCUT2D eigenvalue weighted by atomic mass is 32.1. The Hall–Kier alpha value is -2.94. The van der Waals surface area contributed by atoms with Crippen molar-refractivity contribution in [3.63, 3.8) is 0 Å². The van der Waals surface area contributed by atoms with E-state index in [1.807, 2.05) is 12.3 Å². The normalized spacial score (nSPS) is 12.4. The first-order valence-electron chi connectivity index (χ1n) is 6.66. The highest BCUT2D eigenvalue weighted by molar-refractivity contribution is 7.09. The van der Waals surface area contributed by atoms with Gasteiger partial charge in [0.15, 0.2) is 11.5 Å². The first kappa shape index (κ1) is 13.7. The smallest absolute Gasteiger partial charge is 0.322 e. The number of rotatable bonds is 3. The molecule has 1 N–H and O–H groups in total. The Morgan fingerprint density at radius 1 is 1.26 bits per heavy atom. The lowest BCUT2D eigenvalue weighted by molar-refractivity contribution is 0.102.